The molecule has 40 heavy (non-hydrogen) atoms. The summed E-state index contributed by atoms with van der Waals surface area (Å²) in [6.07, 6.45) is 1.94. The Morgan fingerprint density at radius 2 is 1.62 bits per heavy atom. The van der Waals surface area contributed by atoms with Gasteiger partial charge in [-0.1, -0.05) is 54.6 Å². The van der Waals surface area contributed by atoms with Crippen LogP contribution in [0.25, 0.3) is 16.9 Å². The van der Waals surface area contributed by atoms with E-state index in [0.717, 1.165) is 11.3 Å². The average Bonchev–Trinajstić information content (AvgIpc) is 3.64. The van der Waals surface area contributed by atoms with Crippen molar-refractivity contribution < 1.29 is 23.8 Å². The van der Waals surface area contributed by atoms with Gasteiger partial charge in [-0.2, -0.15) is 9.47 Å². The third-order valence-electron chi connectivity index (χ3n) is 7.56. The summed E-state index contributed by atoms with van der Waals surface area (Å²) in [5, 5.41) is 0. The first-order chi connectivity index (χ1) is 19.4. The number of benzene rings is 3. The molecule has 3 aromatic carbocycles. The zero-order valence-corrected chi connectivity index (χ0v) is 22.8. The SMILES string of the molecule is COc1ccc(C(OC)C(=O)[N+]2(c3nc(-c4ccccc4)cn3-c3ccccc3)CCC[C@@H]2C(N)=O)cc1OC. The topological polar surface area (TPSA) is 106 Å². The molecular weight excluding hydrogens is 508 g/mol. The van der Waals surface area contributed by atoms with Gasteiger partial charge in [-0.15, -0.1) is 0 Å². The number of rotatable bonds is 9. The molecule has 1 aliphatic rings. The van der Waals surface area contributed by atoms with Crippen LogP contribution in [0.15, 0.2) is 85.1 Å². The van der Waals surface area contributed by atoms with Crippen molar-refractivity contribution in [2.75, 3.05) is 27.9 Å². The van der Waals surface area contributed by atoms with Crippen molar-refractivity contribution in [2.45, 2.75) is 25.0 Å². The number of quaternary nitrogens is 1. The van der Waals surface area contributed by atoms with Gasteiger partial charge >= 0.3 is 11.9 Å². The zero-order chi connectivity index (χ0) is 28.3. The van der Waals surface area contributed by atoms with Crippen LogP contribution >= 0.6 is 0 Å². The van der Waals surface area contributed by atoms with E-state index in [2.05, 4.69) is 0 Å². The molecule has 1 aromatic heterocycles. The molecule has 0 saturated carbocycles. The number of imidazole rings is 1. The standard InChI is InChI=1S/C31H32N4O5/c1-38-26-17-16-22(19-27(26)39-2)28(40-3)30(37)35(18-10-15-25(35)29(32)36)31-33-24(21-11-6-4-7-12-21)20-34(31)23-13-8-5-9-14-23/h4-9,11-14,16-17,19-20,25,28H,10,15,18H2,1-3H3,(H-,32,36)/p+1/t25-,28?,35?/m1/s1. The maximum absolute atomic E-state index is 14.8. The molecule has 1 aliphatic heterocycles. The van der Waals surface area contributed by atoms with E-state index in [-0.39, 0.29) is 10.4 Å². The second-order valence-corrected chi connectivity index (χ2v) is 9.72. The van der Waals surface area contributed by atoms with Gasteiger partial charge in [0, 0.05) is 31.7 Å². The number of hydrogen-bond donors (Lipinski definition) is 1. The Bertz CT molecular complexity index is 1500. The van der Waals surface area contributed by atoms with Crippen molar-refractivity contribution in [2.24, 2.45) is 5.73 Å². The summed E-state index contributed by atoms with van der Waals surface area (Å²) in [5.74, 6) is 0.515. The summed E-state index contributed by atoms with van der Waals surface area (Å²) in [4.78, 5) is 32.8. The monoisotopic (exact) mass is 541 g/mol. The number of primary amides is 1. The molecule has 0 radical (unpaired) electrons. The molecule has 0 aliphatic carbocycles. The molecule has 3 atom stereocenters. The lowest BCUT2D eigenvalue weighted by atomic mass is 10.0. The number of methoxy groups -OCH3 is 3. The van der Waals surface area contributed by atoms with Crippen molar-refractivity contribution in [3.63, 3.8) is 0 Å². The summed E-state index contributed by atoms with van der Waals surface area (Å²) < 4.78 is 18.2. The molecule has 0 bridgehead atoms. The van der Waals surface area contributed by atoms with E-state index in [4.69, 9.17) is 24.9 Å². The van der Waals surface area contributed by atoms with Crippen LogP contribution in [0.4, 0.5) is 5.95 Å². The number of para-hydroxylation sites is 1. The molecule has 5 rings (SSSR count). The third-order valence-corrected chi connectivity index (χ3v) is 7.56. The van der Waals surface area contributed by atoms with E-state index in [0.29, 0.717) is 48.1 Å². The number of carbonyl (C=O) groups is 2. The summed E-state index contributed by atoms with van der Waals surface area (Å²) in [6.45, 7) is 0.345. The van der Waals surface area contributed by atoms with Gasteiger partial charge < -0.3 is 19.9 Å². The predicted molar refractivity (Wildman–Crippen MR) is 152 cm³/mol. The van der Waals surface area contributed by atoms with Crippen LogP contribution in [0, 0.1) is 0 Å². The molecule has 2 N–H and O–H groups in total. The van der Waals surface area contributed by atoms with Gasteiger partial charge in [0.2, 0.25) is 0 Å². The molecule has 206 valence electrons. The van der Waals surface area contributed by atoms with E-state index in [1.165, 1.54) is 14.2 Å². The van der Waals surface area contributed by atoms with Crippen LogP contribution in [-0.2, 0) is 14.3 Å². The van der Waals surface area contributed by atoms with Crippen LogP contribution in [0.5, 0.6) is 11.5 Å². The molecule has 2 amide bonds. The van der Waals surface area contributed by atoms with Gasteiger partial charge in [-0.3, -0.25) is 9.36 Å². The second-order valence-electron chi connectivity index (χ2n) is 9.72. The molecule has 4 aromatic rings. The van der Waals surface area contributed by atoms with Crippen molar-refractivity contribution in [1.82, 2.24) is 14.0 Å². The lowest BCUT2D eigenvalue weighted by Crippen LogP contribution is -2.64. The van der Waals surface area contributed by atoms with E-state index in [1.807, 2.05) is 71.4 Å². The van der Waals surface area contributed by atoms with Crippen LogP contribution < -0.4 is 19.7 Å². The minimum Gasteiger partial charge on any atom is -0.493 e. The summed E-state index contributed by atoms with van der Waals surface area (Å²) >= 11 is 0. The molecular formula is C31H33N4O5+. The van der Waals surface area contributed by atoms with Crippen molar-refractivity contribution in [3.05, 3.63) is 90.6 Å². The van der Waals surface area contributed by atoms with Crippen LogP contribution in [0.1, 0.15) is 24.5 Å². The Labute approximate surface area is 233 Å². The Morgan fingerprint density at radius 3 is 2.25 bits per heavy atom. The maximum atomic E-state index is 14.8. The third kappa shape index (κ3) is 4.63. The Kier molecular flexibility index (Phi) is 7.68. The predicted octanol–water partition coefficient (Wildman–Crippen LogP) is 4.43. The molecule has 9 nitrogen and oxygen atoms in total. The second kappa shape index (κ2) is 11.3. The first-order valence-corrected chi connectivity index (χ1v) is 13.1. The summed E-state index contributed by atoms with van der Waals surface area (Å²) in [5.41, 5.74) is 8.95. The number of hydrogen-bond acceptors (Lipinski definition) is 6. The maximum Gasteiger partial charge on any atom is 0.355 e. The summed E-state index contributed by atoms with van der Waals surface area (Å²) in [7, 11) is 4.56. The number of nitrogens with two attached hydrogens (primary N) is 1. The highest BCUT2D eigenvalue weighted by molar-refractivity contribution is 5.98. The number of likely N-dealkylation sites (tertiary alicyclic amines) is 1. The quantitative estimate of drug-likeness (QED) is 0.315. The minimum absolute atomic E-state index is 0.335. The minimum atomic E-state index is -1.03. The van der Waals surface area contributed by atoms with Gasteiger partial charge in [0.1, 0.15) is 0 Å². The Hall–Kier alpha value is -4.47. The average molecular weight is 542 g/mol. The fourth-order valence-corrected chi connectivity index (χ4v) is 5.65. The van der Waals surface area contributed by atoms with Gasteiger partial charge in [-0.05, 0) is 29.8 Å². The highest BCUT2D eigenvalue weighted by Gasteiger charge is 2.58. The highest BCUT2D eigenvalue weighted by atomic mass is 16.5. The number of amides is 2. The number of aromatic nitrogens is 2. The van der Waals surface area contributed by atoms with Crippen LogP contribution in [0.3, 0.4) is 0 Å². The number of nitrogens with zero attached hydrogens (tertiary/aromatic N) is 3. The van der Waals surface area contributed by atoms with Gasteiger partial charge in [0.05, 0.1) is 32.1 Å². The van der Waals surface area contributed by atoms with Crippen molar-refractivity contribution in [3.8, 4) is 28.4 Å². The van der Waals surface area contributed by atoms with E-state index < -0.39 is 18.1 Å². The fourth-order valence-electron chi connectivity index (χ4n) is 5.65. The van der Waals surface area contributed by atoms with Crippen LogP contribution in [0.2, 0.25) is 0 Å². The molecule has 2 heterocycles. The fraction of sp³-hybridized carbons (Fsp3) is 0.258. The highest BCUT2D eigenvalue weighted by Crippen LogP contribution is 2.41. The van der Waals surface area contributed by atoms with Gasteiger partial charge in [0.15, 0.2) is 23.6 Å². The lowest BCUT2D eigenvalue weighted by Gasteiger charge is -2.36. The largest absolute Gasteiger partial charge is 0.493 e. The van der Waals surface area contributed by atoms with Gasteiger partial charge in [0.25, 0.3) is 5.91 Å². The lowest BCUT2D eigenvalue weighted by molar-refractivity contribution is -0.146. The van der Waals surface area contributed by atoms with Crippen LogP contribution in [-0.4, -0.2) is 55.3 Å². The molecule has 1 saturated heterocycles. The number of carbonyl (C=O) groups excluding carboxylic acids is 2. The summed E-state index contributed by atoms with van der Waals surface area (Å²) in [6, 6.07) is 23.8. The zero-order valence-electron chi connectivity index (χ0n) is 22.8. The molecule has 2 unspecified atom stereocenters. The first-order valence-electron chi connectivity index (χ1n) is 13.1. The van der Waals surface area contributed by atoms with Crippen molar-refractivity contribution in [1.29, 1.82) is 0 Å². The van der Waals surface area contributed by atoms with E-state index in [1.54, 1.807) is 25.3 Å². The van der Waals surface area contributed by atoms with Gasteiger partial charge in [-0.25, -0.2) is 4.79 Å². The number of ether oxygens (including phenoxy) is 3. The normalized spacial score (nSPS) is 19.2. The molecule has 1 fully saturated rings. The van der Waals surface area contributed by atoms with Crippen molar-refractivity contribution >= 4 is 17.8 Å². The van der Waals surface area contributed by atoms with E-state index in [9.17, 15) is 9.59 Å². The molecule has 0 spiro atoms. The van der Waals surface area contributed by atoms with E-state index >= 15 is 0 Å². The smallest absolute Gasteiger partial charge is 0.355 e. The Morgan fingerprint density at radius 1 is 0.950 bits per heavy atom. The molecule has 9 heteroatoms. The first kappa shape index (κ1) is 27.1. The Balaban J connectivity index is 1.73.